The molecule has 0 saturated heterocycles. The first-order valence-electron chi connectivity index (χ1n) is 7.65. The van der Waals surface area contributed by atoms with E-state index in [0.717, 1.165) is 16.6 Å². The second-order valence-electron chi connectivity index (χ2n) is 5.68. The van der Waals surface area contributed by atoms with Gasteiger partial charge in [-0.1, -0.05) is 0 Å². The van der Waals surface area contributed by atoms with E-state index in [2.05, 4.69) is 20.6 Å². The average Bonchev–Trinajstić information content (AvgIpc) is 2.59. The van der Waals surface area contributed by atoms with Gasteiger partial charge in [-0.15, -0.1) is 0 Å². The molecule has 124 valence electrons. The van der Waals surface area contributed by atoms with E-state index in [9.17, 15) is 4.79 Å². The second kappa shape index (κ2) is 6.19. The highest BCUT2D eigenvalue weighted by atomic mass is 16.1. The van der Waals surface area contributed by atoms with E-state index in [4.69, 9.17) is 5.73 Å². The minimum atomic E-state index is -0.160. The minimum absolute atomic E-state index is 0.0894. The molecule has 1 atom stereocenters. The number of benzene rings is 1. The number of pyridine rings is 1. The maximum absolute atomic E-state index is 12.2. The number of nitrogens with two attached hydrogens (primary N) is 1. The van der Waals surface area contributed by atoms with E-state index in [1.165, 1.54) is 0 Å². The molecule has 1 unspecified atom stereocenters. The molecule has 1 aromatic carbocycles. The maximum atomic E-state index is 12.2. The average molecular weight is 324 g/mol. The molecule has 3 aromatic rings. The smallest absolute Gasteiger partial charge is 0.252 e. The highest BCUT2D eigenvalue weighted by Gasteiger charge is 2.13. The van der Waals surface area contributed by atoms with Crippen LogP contribution in [0, 0.1) is 0 Å². The van der Waals surface area contributed by atoms with Crippen molar-refractivity contribution in [3.8, 4) is 0 Å². The summed E-state index contributed by atoms with van der Waals surface area (Å²) in [7, 11) is 3.56. The number of anilines is 3. The summed E-state index contributed by atoms with van der Waals surface area (Å²) < 4.78 is 1.60. The van der Waals surface area contributed by atoms with E-state index >= 15 is 0 Å². The molecule has 7 heteroatoms. The van der Waals surface area contributed by atoms with Gasteiger partial charge in [0.1, 0.15) is 5.82 Å². The van der Waals surface area contributed by atoms with Crippen molar-refractivity contribution in [3.63, 3.8) is 0 Å². The summed E-state index contributed by atoms with van der Waals surface area (Å²) in [5.74, 6) is 0.645. The highest BCUT2D eigenvalue weighted by molar-refractivity contribution is 5.93. The molecule has 0 radical (unpaired) electrons. The van der Waals surface area contributed by atoms with Crippen LogP contribution in [-0.2, 0) is 7.05 Å². The van der Waals surface area contributed by atoms with Crippen LogP contribution in [0.25, 0.3) is 10.9 Å². The number of hydrogen-bond acceptors (Lipinski definition) is 6. The fraction of sp³-hybridized carbons (Fsp3) is 0.235. The van der Waals surface area contributed by atoms with Crippen LogP contribution in [0.3, 0.4) is 0 Å². The molecule has 0 spiro atoms. The molecule has 2 heterocycles. The molecule has 3 rings (SSSR count). The Hall–Kier alpha value is -3.09. The molecular formula is C17H20N6O. The van der Waals surface area contributed by atoms with Crippen LogP contribution in [0.4, 0.5) is 17.1 Å². The van der Waals surface area contributed by atoms with Gasteiger partial charge >= 0.3 is 0 Å². The molecule has 7 nitrogen and oxygen atoms in total. The number of rotatable bonds is 4. The number of nitrogens with zero attached hydrogens (tertiary/aromatic N) is 3. The summed E-state index contributed by atoms with van der Waals surface area (Å²) in [6.45, 7) is 1.95. The van der Waals surface area contributed by atoms with Gasteiger partial charge < -0.3 is 20.9 Å². The van der Waals surface area contributed by atoms with Crippen molar-refractivity contribution in [3.05, 3.63) is 52.8 Å². The lowest BCUT2D eigenvalue weighted by atomic mass is 10.1. The fourth-order valence-electron chi connectivity index (χ4n) is 2.59. The third kappa shape index (κ3) is 2.88. The monoisotopic (exact) mass is 324 g/mol. The second-order valence-corrected chi connectivity index (χ2v) is 5.68. The zero-order chi connectivity index (χ0) is 17.3. The molecule has 0 fully saturated rings. The van der Waals surface area contributed by atoms with Gasteiger partial charge in [-0.2, -0.15) is 0 Å². The summed E-state index contributed by atoms with van der Waals surface area (Å²) in [5, 5.41) is 7.19. The van der Waals surface area contributed by atoms with Gasteiger partial charge in [0.05, 0.1) is 29.6 Å². The molecule has 0 aliphatic carbocycles. The lowest BCUT2D eigenvalue weighted by Gasteiger charge is -2.17. The Morgan fingerprint density at radius 3 is 2.58 bits per heavy atom. The van der Waals surface area contributed by atoms with Crippen molar-refractivity contribution in [2.24, 2.45) is 7.05 Å². The van der Waals surface area contributed by atoms with Crippen molar-refractivity contribution in [2.75, 3.05) is 23.4 Å². The number of hydrogen-bond donors (Lipinski definition) is 3. The number of nitrogens with one attached hydrogen (secondary N) is 2. The number of nitrogen functional groups attached to an aromatic ring is 1. The molecule has 2 aromatic heterocycles. The zero-order valence-electron chi connectivity index (χ0n) is 13.9. The normalized spacial score (nSPS) is 12.1. The van der Waals surface area contributed by atoms with E-state index in [1.807, 2.05) is 26.1 Å². The van der Waals surface area contributed by atoms with Gasteiger partial charge in [0.2, 0.25) is 0 Å². The van der Waals surface area contributed by atoms with Crippen LogP contribution in [0.5, 0.6) is 0 Å². The molecule has 24 heavy (non-hydrogen) atoms. The lowest BCUT2D eigenvalue weighted by molar-refractivity contribution is 0.789. The Morgan fingerprint density at radius 1 is 1.21 bits per heavy atom. The summed E-state index contributed by atoms with van der Waals surface area (Å²) in [6, 6.07) is 6.90. The number of aromatic nitrogens is 3. The third-order valence-corrected chi connectivity index (χ3v) is 3.99. The van der Waals surface area contributed by atoms with Crippen molar-refractivity contribution < 1.29 is 0 Å². The van der Waals surface area contributed by atoms with Crippen LogP contribution in [-0.4, -0.2) is 21.6 Å². The largest absolute Gasteiger partial charge is 0.399 e. The Bertz CT molecular complexity index is 932. The fourth-order valence-corrected chi connectivity index (χ4v) is 2.59. The summed E-state index contributed by atoms with van der Waals surface area (Å²) in [4.78, 5) is 20.9. The van der Waals surface area contributed by atoms with Gasteiger partial charge in [-0.3, -0.25) is 4.79 Å². The third-order valence-electron chi connectivity index (χ3n) is 3.99. The van der Waals surface area contributed by atoms with Gasteiger partial charge in [0, 0.05) is 36.9 Å². The first-order valence-corrected chi connectivity index (χ1v) is 7.65. The van der Waals surface area contributed by atoms with Crippen molar-refractivity contribution >= 4 is 28.0 Å². The lowest BCUT2D eigenvalue weighted by Crippen LogP contribution is -2.19. The Labute approximate surface area is 139 Å². The highest BCUT2D eigenvalue weighted by Crippen LogP contribution is 2.26. The predicted molar refractivity (Wildman–Crippen MR) is 97.2 cm³/mol. The van der Waals surface area contributed by atoms with Gasteiger partial charge in [0.15, 0.2) is 0 Å². The van der Waals surface area contributed by atoms with E-state index < -0.39 is 0 Å². The zero-order valence-corrected chi connectivity index (χ0v) is 13.9. The Morgan fingerprint density at radius 2 is 1.92 bits per heavy atom. The van der Waals surface area contributed by atoms with Crippen LogP contribution >= 0.6 is 0 Å². The van der Waals surface area contributed by atoms with E-state index in [0.29, 0.717) is 17.2 Å². The predicted octanol–water partition coefficient (Wildman–Crippen LogP) is 2.13. The molecular weight excluding hydrogens is 304 g/mol. The molecule has 0 amide bonds. The molecule has 4 N–H and O–H groups in total. The SMILES string of the molecule is CNc1cnc(C(C)Nc2cc(=O)n(C)c3ccc(N)cc23)nc1. The first-order chi connectivity index (χ1) is 11.5. The van der Waals surface area contributed by atoms with Crippen LogP contribution in [0.2, 0.25) is 0 Å². The summed E-state index contributed by atoms with van der Waals surface area (Å²) in [5.41, 5.74) is 8.84. The van der Waals surface area contributed by atoms with E-state index in [-0.39, 0.29) is 11.6 Å². The standard InChI is InChI=1S/C17H20N6O/c1-10(17-20-8-12(19-2)9-21-17)22-14-7-16(24)23(3)15-5-4-11(18)6-13(14)15/h4-10,19,22H,18H2,1-3H3. The first kappa shape index (κ1) is 15.8. The van der Waals surface area contributed by atoms with Gasteiger partial charge in [0.25, 0.3) is 5.56 Å². The molecule has 0 aliphatic rings. The maximum Gasteiger partial charge on any atom is 0.252 e. The van der Waals surface area contributed by atoms with Gasteiger partial charge in [-0.05, 0) is 25.1 Å². The van der Waals surface area contributed by atoms with Crippen LogP contribution in [0.1, 0.15) is 18.8 Å². The number of fused-ring (bicyclic) bond motifs is 1. The molecule has 0 saturated carbocycles. The summed E-state index contributed by atoms with van der Waals surface area (Å²) >= 11 is 0. The Balaban J connectivity index is 2.01. The van der Waals surface area contributed by atoms with Gasteiger partial charge in [-0.25, -0.2) is 9.97 Å². The quantitative estimate of drug-likeness (QED) is 0.636. The Kier molecular flexibility index (Phi) is 4.07. The van der Waals surface area contributed by atoms with Crippen LogP contribution < -0.4 is 21.9 Å². The number of aryl methyl sites for hydroxylation is 1. The van der Waals surface area contributed by atoms with Crippen molar-refractivity contribution in [1.29, 1.82) is 0 Å². The van der Waals surface area contributed by atoms with E-state index in [1.54, 1.807) is 36.1 Å². The van der Waals surface area contributed by atoms with Crippen molar-refractivity contribution in [1.82, 2.24) is 14.5 Å². The topological polar surface area (TPSA) is 97.9 Å². The molecule has 0 bridgehead atoms. The van der Waals surface area contributed by atoms with Crippen molar-refractivity contribution in [2.45, 2.75) is 13.0 Å². The minimum Gasteiger partial charge on any atom is -0.399 e. The molecule has 0 aliphatic heterocycles. The van der Waals surface area contributed by atoms with Crippen LogP contribution in [0.15, 0.2) is 41.5 Å². The summed E-state index contributed by atoms with van der Waals surface area (Å²) in [6.07, 6.45) is 3.45.